The molecule has 1 aromatic rings. The molecule has 5 heteroatoms. The highest BCUT2D eigenvalue weighted by atomic mass is 19.1. The molecule has 0 fully saturated rings. The molecule has 102 valence electrons. The lowest BCUT2D eigenvalue weighted by atomic mass is 10.0. The van der Waals surface area contributed by atoms with Crippen molar-refractivity contribution >= 4 is 11.4 Å². The molecule has 0 amide bonds. The molecule has 0 saturated carbocycles. The minimum Gasteiger partial charge on any atom is -0.399 e. The quantitative estimate of drug-likeness (QED) is 0.771. The van der Waals surface area contributed by atoms with Crippen LogP contribution in [0.2, 0.25) is 0 Å². The molecule has 0 aromatic heterocycles. The third-order valence-electron chi connectivity index (χ3n) is 2.70. The second-order valence-electron chi connectivity index (χ2n) is 4.51. The van der Waals surface area contributed by atoms with E-state index in [0.717, 1.165) is 12.1 Å². The zero-order valence-corrected chi connectivity index (χ0v) is 11.0. The lowest BCUT2D eigenvalue weighted by molar-refractivity contribution is 0.126. The van der Waals surface area contributed by atoms with E-state index in [2.05, 4.69) is 5.32 Å². The first-order valence-electron chi connectivity index (χ1n) is 6.04. The van der Waals surface area contributed by atoms with Gasteiger partial charge < -0.3 is 15.8 Å². The summed E-state index contributed by atoms with van der Waals surface area (Å²) < 4.78 is 32.6. The molecule has 0 radical (unpaired) electrons. The molecule has 0 aliphatic carbocycles. The van der Waals surface area contributed by atoms with Crippen LogP contribution >= 0.6 is 0 Å². The summed E-state index contributed by atoms with van der Waals surface area (Å²) in [5.74, 6) is -1.18. The van der Waals surface area contributed by atoms with E-state index in [1.807, 2.05) is 20.8 Å². The maximum Gasteiger partial charge on any atom is 0.151 e. The van der Waals surface area contributed by atoms with Crippen LogP contribution < -0.4 is 11.1 Å². The monoisotopic (exact) mass is 258 g/mol. The third kappa shape index (κ3) is 3.84. The normalized spacial score (nSPS) is 12.8. The van der Waals surface area contributed by atoms with Gasteiger partial charge in [-0.15, -0.1) is 0 Å². The van der Waals surface area contributed by atoms with Crippen molar-refractivity contribution < 1.29 is 13.5 Å². The topological polar surface area (TPSA) is 47.3 Å². The average Bonchev–Trinajstić information content (AvgIpc) is 2.26. The zero-order chi connectivity index (χ0) is 13.7. The van der Waals surface area contributed by atoms with E-state index in [-0.39, 0.29) is 23.3 Å². The molecule has 1 unspecified atom stereocenters. The van der Waals surface area contributed by atoms with Gasteiger partial charge in [-0.3, -0.25) is 0 Å². The van der Waals surface area contributed by atoms with Gasteiger partial charge in [0.05, 0.1) is 12.6 Å². The maximum absolute atomic E-state index is 13.6. The van der Waals surface area contributed by atoms with Crippen molar-refractivity contribution in [1.29, 1.82) is 0 Å². The summed E-state index contributed by atoms with van der Waals surface area (Å²) in [5.41, 5.74) is 5.29. The van der Waals surface area contributed by atoms with E-state index in [9.17, 15) is 8.78 Å². The molecule has 3 N–H and O–H groups in total. The van der Waals surface area contributed by atoms with Crippen LogP contribution in [0.15, 0.2) is 12.1 Å². The number of hydrogen-bond donors (Lipinski definition) is 2. The fourth-order valence-corrected chi connectivity index (χ4v) is 1.56. The number of ether oxygens (including phenoxy) is 1. The number of rotatable bonds is 6. The molecule has 0 spiro atoms. The van der Waals surface area contributed by atoms with Crippen LogP contribution in [0.5, 0.6) is 0 Å². The van der Waals surface area contributed by atoms with Gasteiger partial charge in [0.15, 0.2) is 11.6 Å². The van der Waals surface area contributed by atoms with Crippen molar-refractivity contribution in [2.75, 3.05) is 24.3 Å². The summed E-state index contributed by atoms with van der Waals surface area (Å²) in [7, 11) is 0. The number of hydrogen-bond acceptors (Lipinski definition) is 3. The number of anilines is 2. The lowest BCUT2D eigenvalue weighted by Gasteiger charge is -2.24. The minimum absolute atomic E-state index is 0.0708. The van der Waals surface area contributed by atoms with Crippen molar-refractivity contribution in [2.45, 2.75) is 26.8 Å². The Hall–Kier alpha value is -1.36. The Morgan fingerprint density at radius 3 is 2.28 bits per heavy atom. The van der Waals surface area contributed by atoms with E-state index in [4.69, 9.17) is 10.5 Å². The van der Waals surface area contributed by atoms with Crippen LogP contribution in [0.3, 0.4) is 0 Å². The molecule has 18 heavy (non-hydrogen) atoms. The Labute approximate surface area is 106 Å². The summed E-state index contributed by atoms with van der Waals surface area (Å²) in [6.45, 7) is 6.77. The molecule has 0 aliphatic rings. The maximum atomic E-state index is 13.6. The number of halogens is 2. The van der Waals surface area contributed by atoms with Crippen molar-refractivity contribution in [2.24, 2.45) is 5.92 Å². The van der Waals surface area contributed by atoms with Gasteiger partial charge in [-0.05, 0) is 25.0 Å². The summed E-state index contributed by atoms with van der Waals surface area (Å²) in [5, 5.41) is 2.85. The largest absolute Gasteiger partial charge is 0.399 e. The Morgan fingerprint density at radius 2 is 1.83 bits per heavy atom. The van der Waals surface area contributed by atoms with E-state index in [0.29, 0.717) is 13.2 Å². The minimum atomic E-state index is -0.686. The van der Waals surface area contributed by atoms with E-state index < -0.39 is 11.6 Å². The summed E-state index contributed by atoms with van der Waals surface area (Å²) in [6, 6.07) is 2.05. The highest BCUT2D eigenvalue weighted by Gasteiger charge is 2.18. The Bertz CT molecular complexity index is 374. The first kappa shape index (κ1) is 14.7. The van der Waals surface area contributed by atoms with Gasteiger partial charge >= 0.3 is 0 Å². The highest BCUT2D eigenvalue weighted by molar-refractivity contribution is 5.54. The molecular formula is C13H20F2N2O. The van der Waals surface area contributed by atoms with Crippen LogP contribution in [-0.4, -0.2) is 19.3 Å². The lowest BCUT2D eigenvalue weighted by Crippen LogP contribution is -2.31. The predicted molar refractivity (Wildman–Crippen MR) is 69.5 cm³/mol. The molecule has 0 saturated heterocycles. The SMILES string of the molecule is CCOCC(Nc1c(F)cc(N)cc1F)C(C)C. The smallest absolute Gasteiger partial charge is 0.151 e. The Morgan fingerprint density at radius 1 is 1.28 bits per heavy atom. The summed E-state index contributed by atoms with van der Waals surface area (Å²) in [6.07, 6.45) is 0. The van der Waals surface area contributed by atoms with Gasteiger partial charge in [0.25, 0.3) is 0 Å². The number of benzene rings is 1. The van der Waals surface area contributed by atoms with Crippen molar-refractivity contribution in [3.05, 3.63) is 23.8 Å². The van der Waals surface area contributed by atoms with Crippen molar-refractivity contribution in [3.63, 3.8) is 0 Å². The molecule has 1 atom stereocenters. The summed E-state index contributed by atoms with van der Waals surface area (Å²) >= 11 is 0. The zero-order valence-electron chi connectivity index (χ0n) is 11.0. The highest BCUT2D eigenvalue weighted by Crippen LogP contribution is 2.24. The van der Waals surface area contributed by atoms with Gasteiger partial charge in [-0.25, -0.2) is 8.78 Å². The van der Waals surface area contributed by atoms with Crippen LogP contribution in [0.25, 0.3) is 0 Å². The number of nitrogens with two attached hydrogens (primary N) is 1. The average molecular weight is 258 g/mol. The van der Waals surface area contributed by atoms with Crippen LogP contribution in [-0.2, 0) is 4.74 Å². The molecule has 1 rings (SSSR count). The van der Waals surface area contributed by atoms with E-state index in [1.165, 1.54) is 0 Å². The van der Waals surface area contributed by atoms with Crippen molar-refractivity contribution in [3.8, 4) is 0 Å². The second kappa shape index (κ2) is 6.54. The number of nitrogen functional groups attached to an aromatic ring is 1. The van der Waals surface area contributed by atoms with E-state index in [1.54, 1.807) is 0 Å². The second-order valence-corrected chi connectivity index (χ2v) is 4.51. The van der Waals surface area contributed by atoms with E-state index >= 15 is 0 Å². The molecular weight excluding hydrogens is 238 g/mol. The van der Waals surface area contributed by atoms with Crippen LogP contribution in [0.4, 0.5) is 20.2 Å². The Balaban J connectivity index is 2.86. The number of nitrogens with one attached hydrogen (secondary N) is 1. The van der Waals surface area contributed by atoms with Gasteiger partial charge in [-0.2, -0.15) is 0 Å². The van der Waals surface area contributed by atoms with Gasteiger partial charge in [0.2, 0.25) is 0 Å². The first-order chi connectivity index (χ1) is 8.45. The Kier molecular flexibility index (Phi) is 5.34. The van der Waals surface area contributed by atoms with Crippen LogP contribution in [0.1, 0.15) is 20.8 Å². The fourth-order valence-electron chi connectivity index (χ4n) is 1.56. The fraction of sp³-hybridized carbons (Fsp3) is 0.538. The molecule has 3 nitrogen and oxygen atoms in total. The summed E-state index contributed by atoms with van der Waals surface area (Å²) in [4.78, 5) is 0. The molecule has 0 aliphatic heterocycles. The first-order valence-corrected chi connectivity index (χ1v) is 6.04. The van der Waals surface area contributed by atoms with Gasteiger partial charge in [0, 0.05) is 12.3 Å². The van der Waals surface area contributed by atoms with Crippen molar-refractivity contribution in [1.82, 2.24) is 0 Å². The standard InChI is InChI=1S/C13H20F2N2O/c1-4-18-7-12(8(2)3)17-13-10(14)5-9(16)6-11(13)15/h5-6,8,12,17H,4,7,16H2,1-3H3. The molecule has 0 heterocycles. The van der Waals surface area contributed by atoms with Crippen LogP contribution in [0, 0.1) is 17.6 Å². The van der Waals surface area contributed by atoms with Gasteiger partial charge in [-0.1, -0.05) is 13.8 Å². The predicted octanol–water partition coefficient (Wildman–Crippen LogP) is 3.02. The van der Waals surface area contributed by atoms with Gasteiger partial charge in [0.1, 0.15) is 5.69 Å². The third-order valence-corrected chi connectivity index (χ3v) is 2.70. The molecule has 0 bridgehead atoms. The molecule has 1 aromatic carbocycles.